The number of halogens is 4. The van der Waals surface area contributed by atoms with Crippen LogP contribution in [0.15, 0.2) is 13.6 Å². The summed E-state index contributed by atoms with van der Waals surface area (Å²) in [6.45, 7) is 2.66. The third-order valence-corrected chi connectivity index (χ3v) is 4.69. The highest BCUT2D eigenvalue weighted by atomic mass is 79.9. The molecule has 0 saturated heterocycles. The molecular formula is C11H15Br2F2NOS. The van der Waals surface area contributed by atoms with Crippen LogP contribution in [-0.2, 0) is 4.74 Å². The first-order chi connectivity index (χ1) is 8.54. The van der Waals surface area contributed by atoms with E-state index in [-0.39, 0.29) is 6.04 Å². The van der Waals surface area contributed by atoms with Crippen molar-refractivity contribution < 1.29 is 13.5 Å². The van der Waals surface area contributed by atoms with Crippen molar-refractivity contribution in [3.63, 3.8) is 0 Å². The van der Waals surface area contributed by atoms with Crippen LogP contribution in [0.2, 0.25) is 0 Å². The normalized spacial score (nSPS) is 13.2. The monoisotopic (exact) mass is 405 g/mol. The molecule has 0 aliphatic carbocycles. The third kappa shape index (κ3) is 5.61. The molecule has 0 amide bonds. The molecule has 1 heterocycles. The minimum Gasteiger partial charge on any atom is -0.375 e. The zero-order valence-corrected chi connectivity index (χ0v) is 13.9. The number of alkyl halides is 2. The molecule has 104 valence electrons. The summed E-state index contributed by atoms with van der Waals surface area (Å²) in [5.74, 6) is 0. The van der Waals surface area contributed by atoms with Crippen LogP contribution in [0, 0.1) is 0 Å². The molecule has 2 nitrogen and oxygen atoms in total. The molecule has 0 aromatic carbocycles. The van der Waals surface area contributed by atoms with Crippen LogP contribution in [0.3, 0.4) is 0 Å². The van der Waals surface area contributed by atoms with Crippen molar-refractivity contribution >= 4 is 43.2 Å². The maximum Gasteiger partial charge on any atom is 0.261 e. The van der Waals surface area contributed by atoms with Crippen LogP contribution in [0.1, 0.15) is 24.9 Å². The highest BCUT2D eigenvalue weighted by Crippen LogP contribution is 2.36. The second kappa shape index (κ2) is 8.58. The second-order valence-corrected chi connectivity index (χ2v) is 7.39. The molecule has 0 spiro atoms. The Morgan fingerprint density at radius 1 is 1.44 bits per heavy atom. The summed E-state index contributed by atoms with van der Waals surface area (Å²) in [7, 11) is 0. The lowest BCUT2D eigenvalue weighted by molar-refractivity contribution is 0.0144. The van der Waals surface area contributed by atoms with Gasteiger partial charge in [0.2, 0.25) is 0 Å². The number of nitrogens with one attached hydrogen (secondary N) is 1. The van der Waals surface area contributed by atoms with E-state index in [1.54, 1.807) is 11.3 Å². The van der Waals surface area contributed by atoms with Gasteiger partial charge in [-0.05, 0) is 56.5 Å². The van der Waals surface area contributed by atoms with Gasteiger partial charge in [0.1, 0.15) is 6.61 Å². The molecule has 7 heteroatoms. The molecule has 1 N–H and O–H groups in total. The Morgan fingerprint density at radius 2 is 2.17 bits per heavy atom. The van der Waals surface area contributed by atoms with Crippen molar-refractivity contribution in [2.24, 2.45) is 0 Å². The van der Waals surface area contributed by atoms with E-state index < -0.39 is 13.0 Å². The molecule has 0 aliphatic heterocycles. The van der Waals surface area contributed by atoms with Gasteiger partial charge in [-0.2, -0.15) is 0 Å². The molecule has 18 heavy (non-hydrogen) atoms. The van der Waals surface area contributed by atoms with Crippen molar-refractivity contribution in [3.8, 4) is 0 Å². The first kappa shape index (κ1) is 16.5. The van der Waals surface area contributed by atoms with E-state index in [0.29, 0.717) is 13.0 Å². The SMILES string of the molecule is CCNC(CCOCC(F)F)c1cc(Br)sc1Br. The number of ether oxygens (including phenoxy) is 1. The molecule has 0 radical (unpaired) electrons. The van der Waals surface area contributed by atoms with Crippen LogP contribution in [0.25, 0.3) is 0 Å². The number of hydrogen-bond acceptors (Lipinski definition) is 3. The molecule has 1 aromatic rings. The summed E-state index contributed by atoms with van der Waals surface area (Å²) in [6.07, 6.45) is -1.73. The average molecular weight is 407 g/mol. The lowest BCUT2D eigenvalue weighted by Crippen LogP contribution is -2.22. The van der Waals surface area contributed by atoms with Crippen molar-refractivity contribution in [3.05, 3.63) is 19.2 Å². The highest BCUT2D eigenvalue weighted by Gasteiger charge is 2.16. The highest BCUT2D eigenvalue weighted by molar-refractivity contribution is 9.12. The van der Waals surface area contributed by atoms with E-state index in [0.717, 1.165) is 19.7 Å². The smallest absolute Gasteiger partial charge is 0.261 e. The van der Waals surface area contributed by atoms with Crippen LogP contribution in [0.4, 0.5) is 8.78 Å². The van der Waals surface area contributed by atoms with Gasteiger partial charge in [-0.1, -0.05) is 6.92 Å². The fourth-order valence-corrected chi connectivity index (χ4v) is 4.55. The van der Waals surface area contributed by atoms with E-state index in [1.165, 1.54) is 0 Å². The van der Waals surface area contributed by atoms with Gasteiger partial charge in [0, 0.05) is 12.6 Å². The summed E-state index contributed by atoms with van der Waals surface area (Å²) in [4.78, 5) is 0. The largest absolute Gasteiger partial charge is 0.375 e. The molecule has 0 fully saturated rings. The van der Waals surface area contributed by atoms with Gasteiger partial charge in [-0.25, -0.2) is 8.78 Å². The summed E-state index contributed by atoms with van der Waals surface area (Å²) >= 11 is 8.54. The first-order valence-electron chi connectivity index (χ1n) is 5.58. The van der Waals surface area contributed by atoms with Crippen LogP contribution < -0.4 is 5.32 Å². The Balaban J connectivity index is 2.52. The Morgan fingerprint density at radius 3 is 2.67 bits per heavy atom. The van der Waals surface area contributed by atoms with E-state index in [2.05, 4.69) is 37.2 Å². The van der Waals surface area contributed by atoms with Gasteiger partial charge >= 0.3 is 0 Å². The van der Waals surface area contributed by atoms with Crippen molar-refractivity contribution in [2.75, 3.05) is 19.8 Å². The molecule has 1 rings (SSSR count). The lowest BCUT2D eigenvalue weighted by atomic mass is 10.1. The van der Waals surface area contributed by atoms with E-state index in [9.17, 15) is 8.78 Å². The molecule has 0 aliphatic rings. The molecule has 1 atom stereocenters. The van der Waals surface area contributed by atoms with Gasteiger partial charge in [-0.3, -0.25) is 0 Å². The van der Waals surface area contributed by atoms with Crippen LogP contribution in [-0.4, -0.2) is 26.2 Å². The zero-order valence-electron chi connectivity index (χ0n) is 9.89. The number of thiophene rings is 1. The molecule has 0 saturated carbocycles. The minimum absolute atomic E-state index is 0.115. The summed E-state index contributed by atoms with van der Waals surface area (Å²) in [5.41, 5.74) is 1.13. The molecule has 1 unspecified atom stereocenters. The van der Waals surface area contributed by atoms with Crippen molar-refractivity contribution in [1.82, 2.24) is 5.32 Å². The van der Waals surface area contributed by atoms with Gasteiger partial charge < -0.3 is 10.1 Å². The van der Waals surface area contributed by atoms with Gasteiger partial charge in [0.15, 0.2) is 0 Å². The Hall–Kier alpha value is 0.440. The number of hydrogen-bond donors (Lipinski definition) is 1. The predicted octanol–water partition coefficient (Wildman–Crippen LogP) is 4.60. The minimum atomic E-state index is -2.40. The summed E-state index contributed by atoms with van der Waals surface area (Å²) < 4.78 is 30.9. The quantitative estimate of drug-likeness (QED) is 0.637. The first-order valence-corrected chi connectivity index (χ1v) is 7.98. The average Bonchev–Trinajstić information content (AvgIpc) is 2.62. The lowest BCUT2D eigenvalue weighted by Gasteiger charge is -2.17. The van der Waals surface area contributed by atoms with Crippen molar-refractivity contribution in [2.45, 2.75) is 25.8 Å². The Labute approximate surface area is 126 Å². The Kier molecular flexibility index (Phi) is 7.86. The summed E-state index contributed by atoms with van der Waals surface area (Å²) in [6, 6.07) is 2.15. The number of rotatable bonds is 8. The van der Waals surface area contributed by atoms with Gasteiger partial charge in [0.05, 0.1) is 7.57 Å². The Bertz CT molecular complexity index is 363. The summed E-state index contributed by atoms with van der Waals surface area (Å²) in [5, 5.41) is 3.33. The van der Waals surface area contributed by atoms with Crippen LogP contribution >= 0.6 is 43.2 Å². The standard InChI is InChI=1S/C11H15Br2F2NOS/c1-2-16-8(3-4-17-6-10(14)15)7-5-9(12)18-11(7)13/h5,8,10,16H,2-4,6H2,1H3. The van der Waals surface area contributed by atoms with Crippen molar-refractivity contribution in [1.29, 1.82) is 0 Å². The molecular weight excluding hydrogens is 392 g/mol. The zero-order chi connectivity index (χ0) is 13.5. The molecule has 0 bridgehead atoms. The third-order valence-electron chi connectivity index (χ3n) is 2.30. The fourth-order valence-electron chi connectivity index (χ4n) is 1.58. The predicted molar refractivity (Wildman–Crippen MR) is 77.6 cm³/mol. The van der Waals surface area contributed by atoms with E-state index in [4.69, 9.17) is 4.74 Å². The second-order valence-electron chi connectivity index (χ2n) is 3.64. The topological polar surface area (TPSA) is 21.3 Å². The van der Waals surface area contributed by atoms with Crippen LogP contribution in [0.5, 0.6) is 0 Å². The maximum absolute atomic E-state index is 11.9. The van der Waals surface area contributed by atoms with Gasteiger partial charge in [-0.15, -0.1) is 11.3 Å². The van der Waals surface area contributed by atoms with E-state index >= 15 is 0 Å². The maximum atomic E-state index is 11.9. The van der Waals surface area contributed by atoms with E-state index in [1.807, 2.05) is 13.0 Å². The molecule has 1 aromatic heterocycles. The van der Waals surface area contributed by atoms with Gasteiger partial charge in [0.25, 0.3) is 6.43 Å². The fraction of sp³-hybridized carbons (Fsp3) is 0.636.